The van der Waals surface area contributed by atoms with Gasteiger partial charge in [-0.3, -0.25) is 19.8 Å². The van der Waals surface area contributed by atoms with Crippen molar-refractivity contribution in [2.45, 2.75) is 12.2 Å². The highest BCUT2D eigenvalue weighted by Gasteiger charge is 2.40. The van der Waals surface area contributed by atoms with Gasteiger partial charge in [-0.1, -0.05) is 6.07 Å². The second-order valence-corrected chi connectivity index (χ2v) is 8.04. The quantitative estimate of drug-likeness (QED) is 0.327. The van der Waals surface area contributed by atoms with Gasteiger partial charge in [-0.2, -0.15) is 0 Å². The van der Waals surface area contributed by atoms with Gasteiger partial charge in [-0.15, -0.1) is 0 Å². The molecule has 2 fully saturated rings. The number of morpholine rings is 2. The number of aliphatic hydroxyl groups excluding tert-OH is 1. The molecule has 3 amide bonds. The zero-order valence-electron chi connectivity index (χ0n) is 18.9. The number of aliphatic hydroxyl groups is 1. The first-order chi connectivity index (χ1) is 17.2. The number of hydrogen-bond donors (Lipinski definition) is 4. The van der Waals surface area contributed by atoms with Crippen molar-refractivity contribution in [3.63, 3.8) is 0 Å². The summed E-state index contributed by atoms with van der Waals surface area (Å²) in [6.45, 7) is 0.781. The molecule has 0 aromatic heterocycles. The van der Waals surface area contributed by atoms with Gasteiger partial charge in [0.05, 0.1) is 24.5 Å². The van der Waals surface area contributed by atoms with Crippen LogP contribution >= 0.6 is 0 Å². The van der Waals surface area contributed by atoms with Crippen molar-refractivity contribution in [1.29, 1.82) is 5.41 Å². The number of nitrogens with two attached hydrogens (primary N) is 1. The van der Waals surface area contributed by atoms with Crippen LogP contribution in [0.1, 0.15) is 5.56 Å². The van der Waals surface area contributed by atoms with Gasteiger partial charge in [0.25, 0.3) is 17.7 Å². The average molecular weight is 503 g/mol. The fourth-order valence-electron chi connectivity index (χ4n) is 3.91. The predicted octanol–water partition coefficient (Wildman–Crippen LogP) is 0.343. The van der Waals surface area contributed by atoms with Crippen LogP contribution in [-0.4, -0.2) is 73.8 Å². The molecule has 5 N–H and O–H groups in total. The topological polar surface area (TPSA) is 158 Å². The summed E-state index contributed by atoms with van der Waals surface area (Å²) >= 11 is 0. The van der Waals surface area contributed by atoms with Gasteiger partial charge in [-0.05, 0) is 30.3 Å². The fraction of sp³-hybridized carbons (Fsp3) is 0.304. The molecule has 0 radical (unpaired) electrons. The van der Waals surface area contributed by atoms with Gasteiger partial charge in [0.15, 0.2) is 23.8 Å². The summed E-state index contributed by atoms with van der Waals surface area (Å²) in [7, 11) is 0. The van der Waals surface area contributed by atoms with E-state index in [9.17, 15) is 28.3 Å². The minimum Gasteiger partial charge on any atom is -0.384 e. The van der Waals surface area contributed by atoms with Gasteiger partial charge >= 0.3 is 0 Å². The molecule has 2 aliphatic heterocycles. The molecule has 11 nitrogen and oxygen atoms in total. The van der Waals surface area contributed by atoms with Gasteiger partial charge in [0, 0.05) is 24.5 Å². The Kier molecular flexibility index (Phi) is 7.24. The molecule has 2 heterocycles. The van der Waals surface area contributed by atoms with Gasteiger partial charge < -0.3 is 35.4 Å². The number of carbonyl (C=O) groups is 3. The molecule has 2 aromatic rings. The lowest BCUT2D eigenvalue weighted by molar-refractivity contribution is -0.150. The zero-order chi connectivity index (χ0) is 26.0. The predicted molar refractivity (Wildman–Crippen MR) is 124 cm³/mol. The Balaban J connectivity index is 1.49. The van der Waals surface area contributed by atoms with E-state index >= 15 is 0 Å². The summed E-state index contributed by atoms with van der Waals surface area (Å²) < 4.78 is 38.9. The van der Waals surface area contributed by atoms with Crippen LogP contribution in [0.3, 0.4) is 0 Å². The van der Waals surface area contributed by atoms with Crippen LogP contribution in [-0.2, 0) is 23.9 Å². The fourth-order valence-corrected chi connectivity index (χ4v) is 3.91. The number of nitrogens with one attached hydrogen (secondary N) is 2. The molecule has 4 rings (SSSR count). The van der Waals surface area contributed by atoms with E-state index in [0.717, 1.165) is 12.1 Å². The van der Waals surface area contributed by atoms with Crippen molar-refractivity contribution in [2.24, 2.45) is 5.73 Å². The maximum absolute atomic E-state index is 14.3. The maximum Gasteiger partial charge on any atom is 0.259 e. The van der Waals surface area contributed by atoms with Crippen molar-refractivity contribution in [1.82, 2.24) is 0 Å². The molecule has 190 valence electrons. The lowest BCUT2D eigenvalue weighted by Crippen LogP contribution is -2.55. The molecule has 2 saturated heterocycles. The molecular weight excluding hydrogens is 480 g/mol. The molecule has 36 heavy (non-hydrogen) atoms. The van der Waals surface area contributed by atoms with E-state index in [0.29, 0.717) is 24.5 Å². The lowest BCUT2D eigenvalue weighted by atomic mass is 10.1. The van der Waals surface area contributed by atoms with Crippen molar-refractivity contribution in [3.05, 3.63) is 53.6 Å². The Hall–Kier alpha value is -3.94. The average Bonchev–Trinajstić information content (AvgIpc) is 2.86. The monoisotopic (exact) mass is 503 g/mol. The number of ether oxygens (including phenoxy) is 2. The maximum atomic E-state index is 14.3. The highest BCUT2D eigenvalue weighted by Crippen LogP contribution is 2.27. The number of anilines is 3. The third kappa shape index (κ3) is 4.89. The Morgan fingerprint density at radius 3 is 2.50 bits per heavy atom. The Morgan fingerprint density at radius 1 is 1.11 bits per heavy atom. The first-order valence-electron chi connectivity index (χ1n) is 10.9. The van der Waals surface area contributed by atoms with Crippen molar-refractivity contribution < 1.29 is 37.7 Å². The van der Waals surface area contributed by atoms with E-state index in [4.69, 9.17) is 20.6 Å². The van der Waals surface area contributed by atoms with Crippen LogP contribution in [0.15, 0.2) is 36.4 Å². The number of amides is 3. The minimum absolute atomic E-state index is 0.0161. The first-order valence-corrected chi connectivity index (χ1v) is 10.9. The number of hydrogen-bond acceptors (Lipinski definition) is 7. The number of halogens is 2. The summed E-state index contributed by atoms with van der Waals surface area (Å²) in [5.74, 6) is -5.77. The minimum atomic E-state index is -2.04. The summed E-state index contributed by atoms with van der Waals surface area (Å²) in [5, 5.41) is 19.8. The number of carbonyl (C=O) groups excluding carboxylic acids is 3. The third-order valence-electron chi connectivity index (χ3n) is 5.75. The van der Waals surface area contributed by atoms with Crippen LogP contribution in [0.4, 0.5) is 25.8 Å². The number of rotatable bonds is 6. The SMILES string of the molecule is N=C(N)c1ccc(NC(=O)C(O)C2OCCN(c3cccc(N4CCOCC4=O)c3)C2=O)c(F)c1F. The van der Waals surface area contributed by atoms with Gasteiger partial charge in [0.2, 0.25) is 0 Å². The van der Waals surface area contributed by atoms with Crippen LogP contribution < -0.4 is 20.9 Å². The summed E-state index contributed by atoms with van der Waals surface area (Å²) in [6.07, 6.45) is -3.66. The van der Waals surface area contributed by atoms with Crippen LogP contribution in [0.2, 0.25) is 0 Å². The smallest absolute Gasteiger partial charge is 0.259 e. The molecule has 2 aromatic carbocycles. The van der Waals surface area contributed by atoms with Gasteiger partial charge in [0.1, 0.15) is 12.4 Å². The molecule has 2 atom stereocenters. The van der Waals surface area contributed by atoms with E-state index in [2.05, 4.69) is 0 Å². The number of nitrogen functional groups attached to an aromatic ring is 1. The standard InChI is InChI=1S/C23H23F2N5O6/c24-17-14(21(26)27)4-5-15(18(17)25)28-22(33)19(32)20-23(34)30(7-9-36-20)13-3-1-2-12(10-13)29-6-8-35-11-16(29)31/h1-5,10,19-20,32H,6-9,11H2,(H3,26,27)(H,28,33). The Labute approximate surface area is 203 Å². The summed E-state index contributed by atoms with van der Waals surface area (Å²) in [6, 6.07) is 8.62. The number of amidine groups is 1. The van der Waals surface area contributed by atoms with E-state index in [1.807, 2.05) is 5.32 Å². The molecule has 0 bridgehead atoms. The third-order valence-corrected chi connectivity index (χ3v) is 5.75. The zero-order valence-corrected chi connectivity index (χ0v) is 18.9. The van der Waals surface area contributed by atoms with Crippen LogP contribution in [0, 0.1) is 17.0 Å². The first kappa shape index (κ1) is 25.2. The van der Waals surface area contributed by atoms with E-state index in [1.165, 1.54) is 9.80 Å². The second-order valence-electron chi connectivity index (χ2n) is 8.04. The van der Waals surface area contributed by atoms with Crippen LogP contribution in [0.25, 0.3) is 0 Å². The summed E-state index contributed by atoms with van der Waals surface area (Å²) in [4.78, 5) is 40.7. The molecule has 2 unspecified atom stereocenters. The Bertz CT molecular complexity index is 1230. The Morgan fingerprint density at radius 2 is 1.81 bits per heavy atom. The highest BCUT2D eigenvalue weighted by molar-refractivity contribution is 6.04. The second kappa shape index (κ2) is 10.4. The molecule has 0 saturated carbocycles. The largest absolute Gasteiger partial charge is 0.384 e. The number of benzene rings is 2. The van der Waals surface area contributed by atoms with E-state index < -0.39 is 52.7 Å². The molecule has 0 spiro atoms. The molecule has 0 aliphatic carbocycles. The van der Waals surface area contributed by atoms with Crippen molar-refractivity contribution in [3.8, 4) is 0 Å². The van der Waals surface area contributed by atoms with Crippen LogP contribution in [0.5, 0.6) is 0 Å². The van der Waals surface area contributed by atoms with Gasteiger partial charge in [-0.25, -0.2) is 8.78 Å². The molecular formula is C23H23F2N5O6. The highest BCUT2D eigenvalue weighted by atomic mass is 19.2. The number of nitrogens with zero attached hydrogens (tertiary/aromatic N) is 2. The van der Waals surface area contributed by atoms with E-state index in [-0.39, 0.29) is 25.7 Å². The summed E-state index contributed by atoms with van der Waals surface area (Å²) in [5.41, 5.74) is 5.06. The molecule has 13 heteroatoms. The van der Waals surface area contributed by atoms with E-state index in [1.54, 1.807) is 24.3 Å². The van der Waals surface area contributed by atoms with Crippen molar-refractivity contribution >= 4 is 40.6 Å². The van der Waals surface area contributed by atoms with Crippen molar-refractivity contribution in [2.75, 3.05) is 48.0 Å². The lowest BCUT2D eigenvalue weighted by Gasteiger charge is -2.35. The molecule has 2 aliphatic rings. The normalized spacial score (nSPS) is 19.2.